The van der Waals surface area contributed by atoms with Crippen LogP contribution in [-0.4, -0.2) is 22.4 Å². The molecule has 0 saturated carbocycles. The van der Waals surface area contributed by atoms with Crippen molar-refractivity contribution in [3.8, 4) is 0 Å². The summed E-state index contributed by atoms with van der Waals surface area (Å²) in [5, 5.41) is 6.31. The predicted molar refractivity (Wildman–Crippen MR) is 80.6 cm³/mol. The number of nitrogens with zero attached hydrogens (tertiary/aromatic N) is 2. The molecule has 3 rings (SSSR count). The molecule has 1 amide bonds. The number of hydrogen-bond acceptors (Lipinski definition) is 5. The Kier molecular flexibility index (Phi) is 3.86. The van der Waals surface area contributed by atoms with E-state index in [1.807, 2.05) is 6.07 Å². The number of nitrogens with one attached hydrogen (secondary N) is 2. The summed E-state index contributed by atoms with van der Waals surface area (Å²) in [6.07, 6.45) is 1.94. The number of fused-ring (bicyclic) bond motifs is 1. The molecule has 2 aromatic rings. The minimum atomic E-state index is -0.342. The van der Waals surface area contributed by atoms with Crippen molar-refractivity contribution in [3.63, 3.8) is 0 Å². The zero-order chi connectivity index (χ0) is 15.5. The van der Waals surface area contributed by atoms with Crippen LogP contribution in [0.1, 0.15) is 11.3 Å². The predicted octanol–water partition coefficient (Wildman–Crippen LogP) is 1.30. The molecule has 22 heavy (non-hydrogen) atoms. The smallest absolute Gasteiger partial charge is 0.222 e. The van der Waals surface area contributed by atoms with Crippen LogP contribution in [0.25, 0.3) is 0 Å². The number of hydrogen-bond donors (Lipinski definition) is 3. The van der Waals surface area contributed by atoms with E-state index in [0.717, 1.165) is 16.9 Å². The Labute approximate surface area is 127 Å². The van der Waals surface area contributed by atoms with Crippen molar-refractivity contribution in [2.75, 3.05) is 17.2 Å². The Bertz CT molecular complexity index is 706. The highest BCUT2D eigenvalue weighted by molar-refractivity contribution is 5.80. The molecule has 0 aliphatic carbocycles. The van der Waals surface area contributed by atoms with Crippen molar-refractivity contribution in [3.05, 3.63) is 47.7 Å². The van der Waals surface area contributed by atoms with Crippen LogP contribution in [0.15, 0.2) is 30.6 Å². The third-order valence-corrected chi connectivity index (χ3v) is 3.64. The highest BCUT2D eigenvalue weighted by atomic mass is 19.1. The van der Waals surface area contributed by atoms with Gasteiger partial charge in [-0.15, -0.1) is 0 Å². The molecule has 4 N–H and O–H groups in total. The number of carbonyl (C=O) groups excluding carboxylic acids is 1. The SMILES string of the molecule is NC(=O)C1CNc2c(ncnc2NCc2cccc(F)c2)C1. The first-order valence-corrected chi connectivity index (χ1v) is 6.99. The van der Waals surface area contributed by atoms with E-state index in [4.69, 9.17) is 5.73 Å². The highest BCUT2D eigenvalue weighted by Gasteiger charge is 2.25. The molecular weight excluding hydrogens is 285 g/mol. The van der Waals surface area contributed by atoms with Gasteiger partial charge in [0.05, 0.1) is 17.3 Å². The second-order valence-electron chi connectivity index (χ2n) is 5.21. The van der Waals surface area contributed by atoms with Gasteiger partial charge >= 0.3 is 0 Å². The van der Waals surface area contributed by atoms with Gasteiger partial charge in [0.25, 0.3) is 0 Å². The van der Waals surface area contributed by atoms with Crippen molar-refractivity contribution >= 4 is 17.4 Å². The Balaban J connectivity index is 1.76. The van der Waals surface area contributed by atoms with E-state index in [1.54, 1.807) is 6.07 Å². The second kappa shape index (κ2) is 5.97. The highest BCUT2D eigenvalue weighted by Crippen LogP contribution is 2.28. The van der Waals surface area contributed by atoms with Gasteiger partial charge in [0.15, 0.2) is 5.82 Å². The van der Waals surface area contributed by atoms with Crippen LogP contribution in [0.2, 0.25) is 0 Å². The van der Waals surface area contributed by atoms with E-state index in [2.05, 4.69) is 20.6 Å². The largest absolute Gasteiger partial charge is 0.380 e. The Morgan fingerprint density at radius 2 is 2.32 bits per heavy atom. The summed E-state index contributed by atoms with van der Waals surface area (Å²) in [6, 6.07) is 6.37. The lowest BCUT2D eigenvalue weighted by molar-refractivity contribution is -0.121. The van der Waals surface area contributed by atoms with Crippen LogP contribution in [0, 0.1) is 11.7 Å². The standard InChI is InChI=1S/C15H16FN5O/c16-11-3-1-2-9(4-11)6-19-15-13-12(20-8-21-15)5-10(7-18-13)14(17)22/h1-4,8,10,18H,5-7H2,(H2,17,22)(H,19,20,21). The molecule has 7 heteroatoms. The molecule has 0 saturated heterocycles. The van der Waals surface area contributed by atoms with Gasteiger partial charge in [-0.05, 0) is 17.7 Å². The maximum Gasteiger partial charge on any atom is 0.222 e. The number of amides is 1. The molecule has 1 unspecified atom stereocenters. The van der Waals surface area contributed by atoms with Crippen LogP contribution in [0.4, 0.5) is 15.9 Å². The summed E-state index contributed by atoms with van der Waals surface area (Å²) in [4.78, 5) is 19.7. The van der Waals surface area contributed by atoms with E-state index >= 15 is 0 Å². The fourth-order valence-corrected chi connectivity index (χ4v) is 2.46. The number of primary amides is 1. The molecule has 1 aromatic heterocycles. The molecule has 6 nitrogen and oxygen atoms in total. The summed E-state index contributed by atoms with van der Waals surface area (Å²) in [7, 11) is 0. The van der Waals surface area contributed by atoms with Crippen molar-refractivity contribution in [1.82, 2.24) is 9.97 Å². The van der Waals surface area contributed by atoms with Crippen LogP contribution < -0.4 is 16.4 Å². The molecule has 0 fully saturated rings. The van der Waals surface area contributed by atoms with Gasteiger partial charge < -0.3 is 16.4 Å². The molecular formula is C15H16FN5O. The lowest BCUT2D eigenvalue weighted by Crippen LogP contribution is -2.35. The molecule has 0 spiro atoms. The lowest BCUT2D eigenvalue weighted by atomic mass is 9.97. The third kappa shape index (κ3) is 2.98. The van der Waals surface area contributed by atoms with E-state index in [-0.39, 0.29) is 17.6 Å². The minimum Gasteiger partial charge on any atom is -0.380 e. The Morgan fingerprint density at radius 3 is 3.09 bits per heavy atom. The average Bonchev–Trinajstić information content (AvgIpc) is 2.52. The normalized spacial score (nSPS) is 16.5. The maximum atomic E-state index is 13.2. The number of halogens is 1. The first-order valence-electron chi connectivity index (χ1n) is 6.99. The molecule has 1 aliphatic rings. The van der Waals surface area contributed by atoms with Crippen molar-refractivity contribution in [2.45, 2.75) is 13.0 Å². The maximum absolute atomic E-state index is 13.2. The van der Waals surface area contributed by atoms with Gasteiger partial charge in [-0.1, -0.05) is 12.1 Å². The molecule has 0 bridgehead atoms. The summed E-state index contributed by atoms with van der Waals surface area (Å²) in [5.41, 5.74) is 7.69. The molecule has 2 heterocycles. The summed E-state index contributed by atoms with van der Waals surface area (Å²) < 4.78 is 13.2. The van der Waals surface area contributed by atoms with Crippen molar-refractivity contribution < 1.29 is 9.18 Å². The van der Waals surface area contributed by atoms with Gasteiger partial charge in [-0.25, -0.2) is 14.4 Å². The Hall–Kier alpha value is -2.70. The molecule has 1 aromatic carbocycles. The fourth-order valence-electron chi connectivity index (χ4n) is 2.46. The number of carbonyl (C=O) groups is 1. The first-order chi connectivity index (χ1) is 10.6. The molecule has 1 aliphatic heterocycles. The monoisotopic (exact) mass is 301 g/mol. The van der Waals surface area contributed by atoms with Gasteiger partial charge in [0.1, 0.15) is 12.1 Å². The number of anilines is 2. The van der Waals surface area contributed by atoms with E-state index in [9.17, 15) is 9.18 Å². The van der Waals surface area contributed by atoms with Gasteiger partial charge in [-0.3, -0.25) is 4.79 Å². The summed E-state index contributed by atoms with van der Waals surface area (Å²) in [6.45, 7) is 0.909. The number of rotatable bonds is 4. The van der Waals surface area contributed by atoms with E-state index < -0.39 is 0 Å². The summed E-state index contributed by atoms with van der Waals surface area (Å²) >= 11 is 0. The fraction of sp³-hybridized carbons (Fsp3) is 0.267. The van der Waals surface area contributed by atoms with Crippen molar-refractivity contribution in [2.24, 2.45) is 11.7 Å². The summed E-state index contributed by atoms with van der Waals surface area (Å²) in [5.74, 6) is -0.242. The number of nitrogens with two attached hydrogens (primary N) is 1. The average molecular weight is 301 g/mol. The zero-order valence-corrected chi connectivity index (χ0v) is 11.8. The topological polar surface area (TPSA) is 92.9 Å². The lowest BCUT2D eigenvalue weighted by Gasteiger charge is -2.24. The Morgan fingerprint density at radius 1 is 1.45 bits per heavy atom. The van der Waals surface area contributed by atoms with Gasteiger partial charge in [0, 0.05) is 19.5 Å². The van der Waals surface area contributed by atoms with E-state index in [0.29, 0.717) is 25.3 Å². The van der Waals surface area contributed by atoms with Gasteiger partial charge in [-0.2, -0.15) is 0 Å². The second-order valence-corrected chi connectivity index (χ2v) is 5.21. The third-order valence-electron chi connectivity index (χ3n) is 3.64. The van der Waals surface area contributed by atoms with E-state index in [1.165, 1.54) is 18.5 Å². The molecule has 0 radical (unpaired) electrons. The van der Waals surface area contributed by atoms with Gasteiger partial charge in [0.2, 0.25) is 5.91 Å². The zero-order valence-electron chi connectivity index (χ0n) is 11.8. The quantitative estimate of drug-likeness (QED) is 0.791. The number of aromatic nitrogens is 2. The van der Waals surface area contributed by atoms with Crippen LogP contribution >= 0.6 is 0 Å². The van der Waals surface area contributed by atoms with Crippen LogP contribution in [0.5, 0.6) is 0 Å². The van der Waals surface area contributed by atoms with Crippen LogP contribution in [-0.2, 0) is 17.8 Å². The molecule has 114 valence electrons. The van der Waals surface area contributed by atoms with Crippen LogP contribution in [0.3, 0.4) is 0 Å². The van der Waals surface area contributed by atoms with Crippen molar-refractivity contribution in [1.29, 1.82) is 0 Å². The minimum absolute atomic E-state index is 0.265. The number of benzene rings is 1. The molecule has 1 atom stereocenters. The first kappa shape index (κ1) is 14.2.